The summed E-state index contributed by atoms with van der Waals surface area (Å²) >= 11 is 0. The Balaban J connectivity index is 1.94. The Morgan fingerprint density at radius 2 is 2.39 bits per heavy atom. The fourth-order valence-corrected chi connectivity index (χ4v) is 1.71. The maximum absolute atomic E-state index is 11.7. The molecule has 0 spiro atoms. The number of ether oxygens (including phenoxy) is 2. The predicted molar refractivity (Wildman–Crippen MR) is 66.7 cm³/mol. The third kappa shape index (κ3) is 3.43. The Labute approximate surface area is 107 Å². The van der Waals surface area contributed by atoms with Crippen LogP contribution in [0.25, 0.3) is 0 Å². The second-order valence-corrected chi connectivity index (χ2v) is 4.62. The number of hydrogen-bond acceptors (Lipinski definition) is 4. The molecule has 0 radical (unpaired) electrons. The number of hydrogen-bond donors (Lipinski definition) is 1. The van der Waals surface area contributed by atoms with Gasteiger partial charge in [0.1, 0.15) is 6.10 Å². The van der Waals surface area contributed by atoms with Crippen molar-refractivity contribution in [1.29, 1.82) is 0 Å². The molecule has 1 atom stereocenters. The molecule has 2 heterocycles. The first-order chi connectivity index (χ1) is 8.65. The van der Waals surface area contributed by atoms with Crippen LogP contribution in [0.4, 0.5) is 0 Å². The van der Waals surface area contributed by atoms with E-state index in [0.717, 1.165) is 13.0 Å². The molecule has 5 heteroatoms. The van der Waals surface area contributed by atoms with Gasteiger partial charge in [-0.3, -0.25) is 4.79 Å². The Kier molecular flexibility index (Phi) is 4.15. The number of nitrogens with one attached hydrogen (secondary N) is 1. The number of carbonyl (C=O) groups excluding carboxylic acids is 1. The molecule has 1 N–H and O–H groups in total. The summed E-state index contributed by atoms with van der Waals surface area (Å²) in [6, 6.07) is 3.55. The summed E-state index contributed by atoms with van der Waals surface area (Å²) in [5.74, 6) is 0.417. The monoisotopic (exact) mass is 250 g/mol. The van der Waals surface area contributed by atoms with Crippen molar-refractivity contribution >= 4 is 5.91 Å². The average molecular weight is 250 g/mol. The van der Waals surface area contributed by atoms with Gasteiger partial charge < -0.3 is 14.8 Å². The van der Waals surface area contributed by atoms with Gasteiger partial charge in [-0.1, -0.05) is 0 Å². The van der Waals surface area contributed by atoms with Gasteiger partial charge in [-0.15, -0.1) is 0 Å². The minimum atomic E-state index is -0.117. The average Bonchev–Trinajstić information content (AvgIpc) is 2.82. The van der Waals surface area contributed by atoms with Crippen LogP contribution in [0.2, 0.25) is 0 Å². The Hall–Kier alpha value is -1.62. The SMILES string of the molecule is CC(C)NC(=O)c1ccc(OC2CCOC2)nc1. The summed E-state index contributed by atoms with van der Waals surface area (Å²) in [4.78, 5) is 15.8. The summed E-state index contributed by atoms with van der Waals surface area (Å²) in [5, 5.41) is 2.81. The molecule has 1 aliphatic heterocycles. The van der Waals surface area contributed by atoms with E-state index in [9.17, 15) is 4.79 Å². The molecule has 1 unspecified atom stereocenters. The molecule has 1 fully saturated rings. The zero-order chi connectivity index (χ0) is 13.0. The number of rotatable bonds is 4. The van der Waals surface area contributed by atoms with Gasteiger partial charge in [0.2, 0.25) is 5.88 Å². The normalized spacial score (nSPS) is 18.9. The van der Waals surface area contributed by atoms with Gasteiger partial charge in [-0.05, 0) is 19.9 Å². The Morgan fingerprint density at radius 3 is 2.94 bits per heavy atom. The highest BCUT2D eigenvalue weighted by Crippen LogP contribution is 2.14. The second kappa shape index (κ2) is 5.82. The molecule has 0 aliphatic carbocycles. The highest BCUT2D eigenvalue weighted by Gasteiger charge is 2.17. The molecule has 1 amide bonds. The van der Waals surface area contributed by atoms with Crippen molar-refractivity contribution in [3.8, 4) is 5.88 Å². The van der Waals surface area contributed by atoms with Crippen LogP contribution in [-0.4, -0.2) is 36.3 Å². The molecule has 0 bridgehead atoms. The van der Waals surface area contributed by atoms with E-state index in [4.69, 9.17) is 9.47 Å². The van der Waals surface area contributed by atoms with Crippen molar-refractivity contribution in [2.75, 3.05) is 13.2 Å². The number of carbonyl (C=O) groups is 1. The fraction of sp³-hybridized carbons (Fsp3) is 0.538. The van der Waals surface area contributed by atoms with Crippen molar-refractivity contribution < 1.29 is 14.3 Å². The van der Waals surface area contributed by atoms with E-state index < -0.39 is 0 Å². The largest absolute Gasteiger partial charge is 0.472 e. The van der Waals surface area contributed by atoms with Crippen LogP contribution in [-0.2, 0) is 4.74 Å². The van der Waals surface area contributed by atoms with E-state index in [2.05, 4.69) is 10.3 Å². The van der Waals surface area contributed by atoms with E-state index in [1.807, 2.05) is 13.8 Å². The quantitative estimate of drug-likeness (QED) is 0.877. The van der Waals surface area contributed by atoms with E-state index >= 15 is 0 Å². The van der Waals surface area contributed by atoms with Crippen LogP contribution in [0.15, 0.2) is 18.3 Å². The summed E-state index contributed by atoms with van der Waals surface area (Å²) in [6.45, 7) is 5.18. The summed E-state index contributed by atoms with van der Waals surface area (Å²) in [6.07, 6.45) is 2.49. The van der Waals surface area contributed by atoms with Gasteiger partial charge in [0.25, 0.3) is 5.91 Å². The van der Waals surface area contributed by atoms with E-state index in [0.29, 0.717) is 18.1 Å². The molecule has 0 aromatic carbocycles. The van der Waals surface area contributed by atoms with Gasteiger partial charge >= 0.3 is 0 Å². The number of nitrogens with zero attached hydrogens (tertiary/aromatic N) is 1. The summed E-state index contributed by atoms with van der Waals surface area (Å²) < 4.78 is 10.8. The first-order valence-electron chi connectivity index (χ1n) is 6.16. The van der Waals surface area contributed by atoms with Gasteiger partial charge in [-0.25, -0.2) is 4.98 Å². The van der Waals surface area contributed by atoms with Gasteiger partial charge in [0.15, 0.2) is 0 Å². The van der Waals surface area contributed by atoms with Gasteiger partial charge in [0, 0.05) is 24.7 Å². The highest BCUT2D eigenvalue weighted by atomic mass is 16.5. The molecule has 1 aromatic heterocycles. The second-order valence-electron chi connectivity index (χ2n) is 4.62. The van der Waals surface area contributed by atoms with Crippen molar-refractivity contribution in [2.24, 2.45) is 0 Å². The standard InChI is InChI=1S/C13H18N2O3/c1-9(2)15-13(16)10-3-4-12(14-7-10)18-11-5-6-17-8-11/h3-4,7,9,11H,5-6,8H2,1-2H3,(H,15,16). The van der Waals surface area contributed by atoms with Crippen LogP contribution in [0.5, 0.6) is 5.88 Å². The summed E-state index contributed by atoms with van der Waals surface area (Å²) in [7, 11) is 0. The van der Waals surface area contributed by atoms with Crippen LogP contribution in [0.1, 0.15) is 30.6 Å². The lowest BCUT2D eigenvalue weighted by Gasteiger charge is -2.11. The zero-order valence-corrected chi connectivity index (χ0v) is 10.7. The Morgan fingerprint density at radius 1 is 1.56 bits per heavy atom. The molecule has 5 nitrogen and oxygen atoms in total. The van der Waals surface area contributed by atoms with Crippen LogP contribution < -0.4 is 10.1 Å². The first kappa shape index (κ1) is 12.8. The van der Waals surface area contributed by atoms with E-state index in [1.165, 1.54) is 6.20 Å². The number of amides is 1. The van der Waals surface area contributed by atoms with Crippen molar-refractivity contribution in [3.63, 3.8) is 0 Å². The molecule has 1 aromatic rings. The van der Waals surface area contributed by atoms with E-state index in [1.54, 1.807) is 12.1 Å². The van der Waals surface area contributed by atoms with Crippen LogP contribution in [0.3, 0.4) is 0 Å². The minimum Gasteiger partial charge on any atom is -0.472 e. The van der Waals surface area contributed by atoms with E-state index in [-0.39, 0.29) is 18.1 Å². The van der Waals surface area contributed by atoms with Crippen LogP contribution in [0, 0.1) is 0 Å². The molecular formula is C13H18N2O3. The van der Waals surface area contributed by atoms with Gasteiger partial charge in [-0.2, -0.15) is 0 Å². The summed E-state index contributed by atoms with van der Waals surface area (Å²) in [5.41, 5.74) is 0.540. The van der Waals surface area contributed by atoms with Gasteiger partial charge in [0.05, 0.1) is 18.8 Å². The molecule has 2 rings (SSSR count). The lowest BCUT2D eigenvalue weighted by Crippen LogP contribution is -2.30. The Bertz CT molecular complexity index is 397. The number of aromatic nitrogens is 1. The highest BCUT2D eigenvalue weighted by molar-refractivity contribution is 5.94. The van der Waals surface area contributed by atoms with Crippen molar-refractivity contribution in [2.45, 2.75) is 32.4 Å². The first-order valence-corrected chi connectivity index (χ1v) is 6.16. The maximum atomic E-state index is 11.7. The smallest absolute Gasteiger partial charge is 0.253 e. The zero-order valence-electron chi connectivity index (χ0n) is 10.7. The fourth-order valence-electron chi connectivity index (χ4n) is 1.71. The molecule has 1 aliphatic rings. The molecule has 1 saturated heterocycles. The van der Waals surface area contributed by atoms with Crippen LogP contribution >= 0.6 is 0 Å². The van der Waals surface area contributed by atoms with Crippen molar-refractivity contribution in [3.05, 3.63) is 23.9 Å². The third-order valence-corrected chi connectivity index (χ3v) is 2.59. The number of pyridine rings is 1. The topological polar surface area (TPSA) is 60.5 Å². The third-order valence-electron chi connectivity index (χ3n) is 2.59. The molecule has 0 saturated carbocycles. The van der Waals surface area contributed by atoms with Crippen molar-refractivity contribution in [1.82, 2.24) is 10.3 Å². The predicted octanol–water partition coefficient (Wildman–Crippen LogP) is 1.39. The minimum absolute atomic E-state index is 0.0767. The lowest BCUT2D eigenvalue weighted by atomic mass is 10.2. The molecule has 98 valence electrons. The molecular weight excluding hydrogens is 232 g/mol. The maximum Gasteiger partial charge on any atom is 0.253 e. The lowest BCUT2D eigenvalue weighted by molar-refractivity contribution is 0.0942. The molecule has 18 heavy (non-hydrogen) atoms.